The minimum atomic E-state index is -0.109. The Morgan fingerprint density at radius 2 is 1.55 bits per heavy atom. The topological polar surface area (TPSA) is 62.7 Å². The first-order chi connectivity index (χ1) is 15.1. The van der Waals surface area contributed by atoms with E-state index in [4.69, 9.17) is 12.2 Å². The first-order valence-corrected chi connectivity index (χ1v) is 10.6. The third-order valence-electron chi connectivity index (χ3n) is 5.28. The number of amides is 1. The summed E-state index contributed by atoms with van der Waals surface area (Å²) >= 11 is 5.37. The van der Waals surface area contributed by atoms with E-state index >= 15 is 0 Å². The Bertz CT molecular complexity index is 1160. The summed E-state index contributed by atoms with van der Waals surface area (Å²) in [7, 11) is 0. The Kier molecular flexibility index (Phi) is 6.38. The summed E-state index contributed by atoms with van der Waals surface area (Å²) in [5.74, 6) is 0.616. The molecule has 156 valence electrons. The average Bonchev–Trinajstić information content (AvgIpc) is 3.16. The molecule has 1 amide bonds. The number of carbonyl (C=O) groups excluding carboxylic acids is 1. The van der Waals surface area contributed by atoms with E-state index in [0.717, 1.165) is 22.3 Å². The minimum Gasteiger partial charge on any atom is -0.354 e. The lowest BCUT2D eigenvalue weighted by Crippen LogP contribution is -2.32. The van der Waals surface area contributed by atoms with Crippen LogP contribution in [0.3, 0.4) is 0 Å². The van der Waals surface area contributed by atoms with Gasteiger partial charge in [-0.15, -0.1) is 0 Å². The van der Waals surface area contributed by atoms with E-state index in [0.29, 0.717) is 17.1 Å². The van der Waals surface area contributed by atoms with Gasteiger partial charge in [0, 0.05) is 18.0 Å². The summed E-state index contributed by atoms with van der Waals surface area (Å²) in [4.78, 5) is 12.8. The molecular weight excluding hydrogens is 404 g/mol. The van der Waals surface area contributed by atoms with E-state index < -0.39 is 0 Å². The molecule has 0 aliphatic carbocycles. The van der Waals surface area contributed by atoms with Crippen LogP contribution in [0.15, 0.2) is 84.9 Å². The lowest BCUT2D eigenvalue weighted by molar-refractivity contribution is -0.121. The summed E-state index contributed by atoms with van der Waals surface area (Å²) in [6.07, 6.45) is 0. The van der Waals surface area contributed by atoms with Gasteiger partial charge < -0.3 is 5.32 Å². The molecule has 1 heterocycles. The molecule has 3 aromatic carbocycles. The summed E-state index contributed by atoms with van der Waals surface area (Å²) in [6.45, 7) is 2.64. The summed E-state index contributed by atoms with van der Waals surface area (Å²) in [6, 6.07) is 28.4. The monoisotopic (exact) mass is 428 g/mol. The zero-order valence-electron chi connectivity index (χ0n) is 17.3. The second-order valence-corrected chi connectivity index (χ2v) is 7.87. The van der Waals surface area contributed by atoms with Crippen LogP contribution in [-0.4, -0.2) is 27.2 Å². The number of H-pyrrole nitrogens is 1. The van der Waals surface area contributed by atoms with E-state index in [9.17, 15) is 4.79 Å². The number of benzene rings is 3. The Balaban J connectivity index is 1.51. The average molecular weight is 429 g/mol. The highest BCUT2D eigenvalue weighted by Crippen LogP contribution is 2.24. The van der Waals surface area contributed by atoms with Crippen molar-refractivity contribution in [2.24, 2.45) is 0 Å². The molecule has 1 aromatic heterocycles. The van der Waals surface area contributed by atoms with E-state index in [-0.39, 0.29) is 18.4 Å². The molecule has 0 saturated carbocycles. The second-order valence-electron chi connectivity index (χ2n) is 7.48. The smallest absolute Gasteiger partial charge is 0.240 e. The summed E-state index contributed by atoms with van der Waals surface area (Å²) in [5.41, 5.74) is 4.40. The number of hydrogen-bond donors (Lipinski definition) is 2. The molecule has 0 aliphatic heterocycles. The third kappa shape index (κ3) is 4.98. The molecule has 6 heteroatoms. The standard InChI is InChI=1S/C25H24N4OS/c1-18-12-14-21(15-13-18)24-27-28-25(31)29(24)17-23(30)26-16-22(19-8-4-2-5-9-19)20-10-6-3-7-11-20/h2-15,22H,16-17H2,1H3,(H,26,30)(H,28,31). The maximum absolute atomic E-state index is 12.8. The van der Waals surface area contributed by atoms with Crippen LogP contribution in [0.4, 0.5) is 0 Å². The Morgan fingerprint density at radius 1 is 0.968 bits per heavy atom. The molecule has 0 fully saturated rings. The molecule has 2 N–H and O–H groups in total. The number of hydrogen-bond acceptors (Lipinski definition) is 3. The van der Waals surface area contributed by atoms with Gasteiger partial charge in [0.2, 0.25) is 5.91 Å². The fourth-order valence-corrected chi connectivity index (χ4v) is 3.80. The molecule has 0 unspecified atom stereocenters. The first-order valence-electron chi connectivity index (χ1n) is 10.2. The number of aromatic nitrogens is 3. The van der Waals surface area contributed by atoms with E-state index in [2.05, 4.69) is 39.8 Å². The van der Waals surface area contributed by atoms with Gasteiger partial charge in [-0.25, -0.2) is 0 Å². The number of rotatable bonds is 7. The zero-order valence-corrected chi connectivity index (χ0v) is 18.1. The van der Waals surface area contributed by atoms with Crippen molar-refractivity contribution in [3.63, 3.8) is 0 Å². The molecule has 0 radical (unpaired) electrons. The third-order valence-corrected chi connectivity index (χ3v) is 5.59. The highest BCUT2D eigenvalue weighted by atomic mass is 32.1. The fourth-order valence-electron chi connectivity index (χ4n) is 3.60. The van der Waals surface area contributed by atoms with Gasteiger partial charge in [-0.05, 0) is 30.3 Å². The molecule has 4 rings (SSSR count). The fraction of sp³-hybridized carbons (Fsp3) is 0.160. The normalized spacial score (nSPS) is 10.9. The molecule has 4 aromatic rings. The van der Waals surface area contributed by atoms with E-state index in [1.54, 1.807) is 4.57 Å². The SMILES string of the molecule is Cc1ccc(-c2n[nH]c(=S)n2CC(=O)NCC(c2ccccc2)c2ccccc2)cc1. The van der Waals surface area contributed by atoms with Crippen molar-refractivity contribution in [3.05, 3.63) is 106 Å². The van der Waals surface area contributed by atoms with Gasteiger partial charge in [0.1, 0.15) is 6.54 Å². The van der Waals surface area contributed by atoms with Crippen LogP contribution in [0, 0.1) is 11.7 Å². The molecule has 0 spiro atoms. The van der Waals surface area contributed by atoms with Crippen LogP contribution < -0.4 is 5.32 Å². The van der Waals surface area contributed by atoms with E-state index in [1.807, 2.05) is 67.6 Å². The Labute approximate surface area is 186 Å². The molecule has 0 saturated heterocycles. The number of aryl methyl sites for hydroxylation is 1. The van der Waals surface area contributed by atoms with Crippen molar-refractivity contribution in [2.75, 3.05) is 6.54 Å². The predicted molar refractivity (Wildman–Crippen MR) is 125 cm³/mol. The Morgan fingerprint density at radius 3 is 2.13 bits per heavy atom. The van der Waals surface area contributed by atoms with Gasteiger partial charge >= 0.3 is 0 Å². The van der Waals surface area contributed by atoms with Gasteiger partial charge in [0.15, 0.2) is 10.6 Å². The Hall–Kier alpha value is -3.51. The molecule has 5 nitrogen and oxygen atoms in total. The van der Waals surface area contributed by atoms with Gasteiger partial charge in [-0.3, -0.25) is 14.5 Å². The van der Waals surface area contributed by atoms with Crippen molar-refractivity contribution in [3.8, 4) is 11.4 Å². The van der Waals surface area contributed by atoms with Gasteiger partial charge in [-0.2, -0.15) is 5.10 Å². The van der Waals surface area contributed by atoms with Gasteiger partial charge in [-0.1, -0.05) is 90.5 Å². The lowest BCUT2D eigenvalue weighted by atomic mass is 9.91. The van der Waals surface area contributed by atoms with Gasteiger partial charge in [0.05, 0.1) is 0 Å². The van der Waals surface area contributed by atoms with Crippen molar-refractivity contribution in [1.29, 1.82) is 0 Å². The molecular formula is C25H24N4OS. The van der Waals surface area contributed by atoms with Crippen molar-refractivity contribution >= 4 is 18.1 Å². The van der Waals surface area contributed by atoms with Crippen LogP contribution in [0.25, 0.3) is 11.4 Å². The first kappa shape index (κ1) is 20.8. The highest BCUT2D eigenvalue weighted by molar-refractivity contribution is 7.71. The lowest BCUT2D eigenvalue weighted by Gasteiger charge is -2.19. The molecule has 0 bridgehead atoms. The predicted octanol–water partition coefficient (Wildman–Crippen LogP) is 4.86. The van der Waals surface area contributed by atoms with Crippen LogP contribution in [0.5, 0.6) is 0 Å². The van der Waals surface area contributed by atoms with Crippen molar-refractivity contribution in [2.45, 2.75) is 19.4 Å². The quantitative estimate of drug-likeness (QED) is 0.413. The number of nitrogens with zero attached hydrogens (tertiary/aromatic N) is 2. The number of aromatic amines is 1. The van der Waals surface area contributed by atoms with Gasteiger partial charge in [0.25, 0.3) is 0 Å². The maximum Gasteiger partial charge on any atom is 0.240 e. The number of carbonyl (C=O) groups is 1. The summed E-state index contributed by atoms with van der Waals surface area (Å²) in [5, 5.41) is 10.2. The van der Waals surface area contributed by atoms with E-state index in [1.165, 1.54) is 0 Å². The largest absolute Gasteiger partial charge is 0.354 e. The maximum atomic E-state index is 12.8. The molecule has 0 aliphatic rings. The highest BCUT2D eigenvalue weighted by Gasteiger charge is 2.17. The van der Waals surface area contributed by atoms with Crippen molar-refractivity contribution in [1.82, 2.24) is 20.1 Å². The minimum absolute atomic E-state index is 0.0697. The van der Waals surface area contributed by atoms with Crippen LogP contribution in [0.2, 0.25) is 0 Å². The van der Waals surface area contributed by atoms with Crippen LogP contribution >= 0.6 is 12.2 Å². The molecule has 0 atom stereocenters. The zero-order chi connectivity index (χ0) is 21.6. The summed E-state index contributed by atoms with van der Waals surface area (Å²) < 4.78 is 2.16. The van der Waals surface area contributed by atoms with Crippen molar-refractivity contribution < 1.29 is 4.79 Å². The second kappa shape index (κ2) is 9.53. The van der Waals surface area contributed by atoms with Crippen LogP contribution in [-0.2, 0) is 11.3 Å². The number of nitrogens with one attached hydrogen (secondary N) is 2. The molecule has 31 heavy (non-hydrogen) atoms. The van der Waals surface area contributed by atoms with Crippen LogP contribution in [0.1, 0.15) is 22.6 Å².